The largest absolute Gasteiger partial charge is 0.257 e. The Bertz CT molecular complexity index is 2130. The first-order valence-electron chi connectivity index (χ1n) is 12.1. The molecule has 1 aromatic heterocycles. The van der Waals surface area contributed by atoms with Gasteiger partial charge in [0.25, 0.3) is 5.69 Å². The lowest BCUT2D eigenvalue weighted by Gasteiger charge is -2.12. The van der Waals surface area contributed by atoms with Gasteiger partial charge in [-0.25, -0.2) is 23.6 Å². The third-order valence-corrected chi connectivity index (χ3v) is 6.99. The highest BCUT2D eigenvalue weighted by atomic mass is 19.1. The molecule has 0 saturated carbocycles. The SMILES string of the molecule is [C-]#[N+]c1c(F)ccc(-c2ccc3cc(-c4cc5nc6ccccc6nc5c5ccccc45)ccc3c2)c1F. The molecule has 6 aromatic carbocycles. The normalized spacial score (nSPS) is 11.4. The maximum Gasteiger partial charge on any atom is 0.257 e. The van der Waals surface area contributed by atoms with Crippen LogP contribution in [0.15, 0.2) is 103 Å². The van der Waals surface area contributed by atoms with E-state index in [-0.39, 0.29) is 5.56 Å². The van der Waals surface area contributed by atoms with Gasteiger partial charge in [-0.05, 0) is 69.2 Å². The number of rotatable bonds is 2. The van der Waals surface area contributed by atoms with Gasteiger partial charge in [0.05, 0.1) is 28.6 Å². The molecule has 5 heteroatoms. The first kappa shape index (κ1) is 22.0. The van der Waals surface area contributed by atoms with E-state index >= 15 is 0 Å². The van der Waals surface area contributed by atoms with E-state index in [4.69, 9.17) is 16.5 Å². The fourth-order valence-electron chi connectivity index (χ4n) is 5.14. The fourth-order valence-corrected chi connectivity index (χ4v) is 5.14. The van der Waals surface area contributed by atoms with Crippen molar-refractivity contribution >= 4 is 49.3 Å². The van der Waals surface area contributed by atoms with Crippen LogP contribution < -0.4 is 0 Å². The number of fused-ring (bicyclic) bond motifs is 5. The van der Waals surface area contributed by atoms with Crippen LogP contribution in [0.3, 0.4) is 0 Å². The van der Waals surface area contributed by atoms with Crippen molar-refractivity contribution in [3.63, 3.8) is 0 Å². The molecular weight excluding hydrogens is 476 g/mol. The summed E-state index contributed by atoms with van der Waals surface area (Å²) in [7, 11) is 0. The highest BCUT2D eigenvalue weighted by Crippen LogP contribution is 2.37. The number of benzene rings is 6. The number of hydrogen-bond donors (Lipinski definition) is 0. The van der Waals surface area contributed by atoms with E-state index in [9.17, 15) is 8.78 Å². The fraction of sp³-hybridized carbons (Fsp3) is 0. The minimum absolute atomic E-state index is 0.203. The lowest BCUT2D eigenvalue weighted by molar-refractivity contribution is 0.596. The molecule has 38 heavy (non-hydrogen) atoms. The van der Waals surface area contributed by atoms with Gasteiger partial charge in [0.1, 0.15) is 11.6 Å². The standard InChI is InChI=1S/C33H17F2N3/c1-36-33-27(34)15-14-23(31(33)35)21-12-10-20-17-22(13-11-19(20)16-21)26-18-30-32(25-7-3-2-6-24(25)26)38-29-9-5-4-8-28(29)37-30/h2-18H. The van der Waals surface area contributed by atoms with Gasteiger partial charge >= 0.3 is 0 Å². The van der Waals surface area contributed by atoms with Crippen molar-refractivity contribution in [3.05, 3.63) is 126 Å². The summed E-state index contributed by atoms with van der Waals surface area (Å²) in [4.78, 5) is 12.8. The third-order valence-electron chi connectivity index (χ3n) is 6.99. The predicted octanol–water partition coefficient (Wildman–Crippen LogP) is 9.25. The first-order valence-corrected chi connectivity index (χ1v) is 12.1. The molecule has 0 saturated heterocycles. The zero-order valence-corrected chi connectivity index (χ0v) is 19.9. The van der Waals surface area contributed by atoms with Crippen LogP contribution >= 0.6 is 0 Å². The number of halogens is 2. The Balaban J connectivity index is 1.40. The van der Waals surface area contributed by atoms with E-state index in [2.05, 4.69) is 29.1 Å². The molecule has 0 bridgehead atoms. The summed E-state index contributed by atoms with van der Waals surface area (Å²) in [5, 5.41) is 4.01. The van der Waals surface area contributed by atoms with Gasteiger partial charge in [-0.15, -0.1) is 0 Å². The molecule has 0 unspecified atom stereocenters. The first-order chi connectivity index (χ1) is 18.6. The molecular formula is C33H17F2N3. The number of nitrogens with zero attached hydrogens (tertiary/aromatic N) is 3. The van der Waals surface area contributed by atoms with E-state index in [1.54, 1.807) is 6.07 Å². The van der Waals surface area contributed by atoms with Crippen LogP contribution in [0.4, 0.5) is 14.5 Å². The number of aromatic nitrogens is 2. The van der Waals surface area contributed by atoms with Gasteiger partial charge in [-0.1, -0.05) is 66.7 Å². The second-order valence-corrected chi connectivity index (χ2v) is 9.20. The minimum Gasteiger partial charge on any atom is -0.244 e. The summed E-state index contributed by atoms with van der Waals surface area (Å²) in [5.74, 6) is -1.70. The Labute approximate surface area is 216 Å². The Morgan fingerprint density at radius 1 is 0.579 bits per heavy atom. The number of para-hydroxylation sites is 2. The van der Waals surface area contributed by atoms with Crippen LogP contribution in [0, 0.1) is 18.2 Å². The zero-order chi connectivity index (χ0) is 25.8. The maximum atomic E-state index is 14.8. The highest BCUT2D eigenvalue weighted by molar-refractivity contribution is 6.13. The van der Waals surface area contributed by atoms with Gasteiger partial charge < -0.3 is 0 Å². The molecule has 0 amide bonds. The van der Waals surface area contributed by atoms with Crippen LogP contribution in [-0.2, 0) is 0 Å². The van der Waals surface area contributed by atoms with Gasteiger partial charge in [0, 0.05) is 10.9 Å². The van der Waals surface area contributed by atoms with Crippen molar-refractivity contribution in [1.82, 2.24) is 9.97 Å². The molecule has 1 heterocycles. The monoisotopic (exact) mass is 493 g/mol. The van der Waals surface area contributed by atoms with E-state index < -0.39 is 17.3 Å². The Morgan fingerprint density at radius 2 is 1.21 bits per heavy atom. The van der Waals surface area contributed by atoms with Crippen LogP contribution in [0.5, 0.6) is 0 Å². The molecule has 0 N–H and O–H groups in total. The second-order valence-electron chi connectivity index (χ2n) is 9.20. The van der Waals surface area contributed by atoms with Gasteiger partial charge in [0.2, 0.25) is 0 Å². The van der Waals surface area contributed by atoms with Crippen molar-refractivity contribution in [2.75, 3.05) is 0 Å². The third kappa shape index (κ3) is 3.39. The maximum absolute atomic E-state index is 14.8. The molecule has 0 fully saturated rings. The molecule has 7 rings (SSSR count). The van der Waals surface area contributed by atoms with Crippen LogP contribution in [0.25, 0.3) is 70.7 Å². The summed E-state index contributed by atoms with van der Waals surface area (Å²) in [6, 6.07) is 32.4. The summed E-state index contributed by atoms with van der Waals surface area (Å²) in [6.07, 6.45) is 0. The average molecular weight is 494 g/mol. The van der Waals surface area contributed by atoms with E-state index in [0.717, 1.165) is 60.8 Å². The van der Waals surface area contributed by atoms with Crippen LogP contribution in [0.1, 0.15) is 0 Å². The summed E-state index contributed by atoms with van der Waals surface area (Å²) in [6.45, 7) is 7.11. The molecule has 0 radical (unpaired) electrons. The lowest BCUT2D eigenvalue weighted by atomic mass is 9.94. The highest BCUT2D eigenvalue weighted by Gasteiger charge is 2.16. The molecule has 178 valence electrons. The summed E-state index contributed by atoms with van der Waals surface area (Å²) in [5.41, 5.74) is 5.69. The second kappa shape index (κ2) is 8.43. The summed E-state index contributed by atoms with van der Waals surface area (Å²) >= 11 is 0. The van der Waals surface area contributed by atoms with Crippen molar-refractivity contribution < 1.29 is 8.78 Å². The molecule has 3 nitrogen and oxygen atoms in total. The topological polar surface area (TPSA) is 30.1 Å². The van der Waals surface area contributed by atoms with Crippen molar-refractivity contribution in [3.8, 4) is 22.3 Å². The van der Waals surface area contributed by atoms with E-state index in [0.29, 0.717) is 5.56 Å². The molecule has 0 aliphatic heterocycles. The Kier molecular flexibility index (Phi) is 4.89. The Morgan fingerprint density at radius 3 is 1.92 bits per heavy atom. The van der Waals surface area contributed by atoms with Crippen molar-refractivity contribution in [2.24, 2.45) is 0 Å². The van der Waals surface area contributed by atoms with Crippen molar-refractivity contribution in [2.45, 2.75) is 0 Å². The lowest BCUT2D eigenvalue weighted by Crippen LogP contribution is -1.91. The average Bonchev–Trinajstić information content (AvgIpc) is 2.95. The summed E-state index contributed by atoms with van der Waals surface area (Å²) < 4.78 is 28.6. The smallest absolute Gasteiger partial charge is 0.244 e. The van der Waals surface area contributed by atoms with E-state index in [1.807, 2.05) is 60.7 Å². The van der Waals surface area contributed by atoms with Crippen molar-refractivity contribution in [1.29, 1.82) is 0 Å². The molecule has 0 spiro atoms. The molecule has 0 atom stereocenters. The van der Waals surface area contributed by atoms with Gasteiger partial charge in [-0.2, -0.15) is 0 Å². The molecule has 0 aliphatic rings. The van der Waals surface area contributed by atoms with Gasteiger partial charge in [-0.3, -0.25) is 0 Å². The van der Waals surface area contributed by atoms with Crippen LogP contribution in [0.2, 0.25) is 0 Å². The minimum atomic E-state index is -0.855. The molecule has 7 aromatic rings. The van der Waals surface area contributed by atoms with Crippen LogP contribution in [-0.4, -0.2) is 9.97 Å². The zero-order valence-electron chi connectivity index (χ0n) is 19.9. The Hall–Kier alpha value is -5.21. The van der Waals surface area contributed by atoms with E-state index in [1.165, 1.54) is 6.07 Å². The predicted molar refractivity (Wildman–Crippen MR) is 149 cm³/mol. The number of hydrogen-bond acceptors (Lipinski definition) is 2. The van der Waals surface area contributed by atoms with Gasteiger partial charge in [0.15, 0.2) is 0 Å². The quantitative estimate of drug-likeness (QED) is 0.136. The molecule has 0 aliphatic carbocycles.